The molecule has 0 spiro atoms. The van der Waals surface area contributed by atoms with Crippen molar-refractivity contribution in [1.82, 2.24) is 4.98 Å². The Morgan fingerprint density at radius 2 is 2.47 bits per heavy atom. The van der Waals surface area contributed by atoms with E-state index in [-0.39, 0.29) is 6.61 Å². The number of halogens is 1. The molecule has 1 aromatic rings. The molecule has 0 aliphatic carbocycles. The Kier molecular flexibility index (Phi) is 3.38. The van der Waals surface area contributed by atoms with E-state index in [1.807, 2.05) is 0 Å². The number of nitrogens with zero attached hydrogens (tertiary/aromatic N) is 2. The van der Waals surface area contributed by atoms with E-state index < -0.39 is 0 Å². The van der Waals surface area contributed by atoms with Gasteiger partial charge in [-0.05, 0) is 12.5 Å². The van der Waals surface area contributed by atoms with Crippen LogP contribution >= 0.6 is 24.2 Å². The highest BCUT2D eigenvalue weighted by molar-refractivity contribution is 7.80. The van der Waals surface area contributed by atoms with Crippen molar-refractivity contribution in [2.24, 2.45) is 5.92 Å². The molecule has 15 heavy (non-hydrogen) atoms. The smallest absolute Gasteiger partial charge is 0.148 e. The van der Waals surface area contributed by atoms with Gasteiger partial charge >= 0.3 is 0 Å². The summed E-state index contributed by atoms with van der Waals surface area (Å²) in [6.07, 6.45) is 2.70. The Labute approximate surface area is 99.5 Å². The quantitative estimate of drug-likeness (QED) is 0.780. The van der Waals surface area contributed by atoms with Crippen LogP contribution in [0.15, 0.2) is 17.2 Å². The molecule has 5 heteroatoms. The minimum Gasteiger partial charge on any atom is -0.396 e. The normalized spacial score (nSPS) is 21.0. The number of aliphatic hydroxyl groups is 1. The van der Waals surface area contributed by atoms with E-state index in [4.69, 9.17) is 16.7 Å². The van der Waals surface area contributed by atoms with Crippen molar-refractivity contribution in [3.05, 3.63) is 17.3 Å². The second-order valence-corrected chi connectivity index (χ2v) is 4.61. The van der Waals surface area contributed by atoms with Crippen LogP contribution < -0.4 is 4.90 Å². The first-order valence-corrected chi connectivity index (χ1v) is 5.74. The van der Waals surface area contributed by atoms with Gasteiger partial charge in [0.15, 0.2) is 0 Å². The van der Waals surface area contributed by atoms with Crippen LogP contribution in [0.2, 0.25) is 5.02 Å². The molecule has 0 amide bonds. The molecule has 3 nitrogen and oxygen atoms in total. The molecule has 1 atom stereocenters. The van der Waals surface area contributed by atoms with Gasteiger partial charge in [0.2, 0.25) is 0 Å². The number of rotatable bonds is 2. The maximum atomic E-state index is 9.06. The van der Waals surface area contributed by atoms with Gasteiger partial charge in [0.1, 0.15) is 5.82 Å². The molecule has 1 aromatic heterocycles. The highest BCUT2D eigenvalue weighted by Gasteiger charge is 2.24. The first-order valence-electron chi connectivity index (χ1n) is 4.91. The second kappa shape index (κ2) is 4.60. The Hall–Kier alpha value is -0.450. The van der Waals surface area contributed by atoms with Crippen LogP contribution in [0.3, 0.4) is 0 Å². The molecule has 82 valence electrons. The van der Waals surface area contributed by atoms with Crippen molar-refractivity contribution in [2.75, 3.05) is 24.6 Å². The number of thiol groups is 1. The zero-order chi connectivity index (χ0) is 10.8. The lowest BCUT2D eigenvalue weighted by Crippen LogP contribution is -2.22. The summed E-state index contributed by atoms with van der Waals surface area (Å²) < 4.78 is 0. The third kappa shape index (κ3) is 2.22. The summed E-state index contributed by atoms with van der Waals surface area (Å²) in [6, 6.07) is 1.77. The molecule has 1 unspecified atom stereocenters. The van der Waals surface area contributed by atoms with Crippen LogP contribution in [0.25, 0.3) is 0 Å². The average Bonchev–Trinajstić information content (AvgIpc) is 2.70. The van der Waals surface area contributed by atoms with Crippen LogP contribution in [0.4, 0.5) is 5.82 Å². The number of aliphatic hydroxyl groups excluding tert-OH is 1. The molecule has 0 bridgehead atoms. The van der Waals surface area contributed by atoms with Gasteiger partial charge in [0, 0.05) is 36.7 Å². The molecule has 2 rings (SSSR count). The predicted molar refractivity (Wildman–Crippen MR) is 63.9 cm³/mol. The molecule has 2 heterocycles. The highest BCUT2D eigenvalue weighted by atomic mass is 35.5. The number of aromatic nitrogens is 1. The van der Waals surface area contributed by atoms with E-state index in [1.165, 1.54) is 0 Å². The highest BCUT2D eigenvalue weighted by Crippen LogP contribution is 2.32. The predicted octanol–water partition coefficient (Wildman–Crippen LogP) is 1.84. The summed E-state index contributed by atoms with van der Waals surface area (Å²) in [7, 11) is 0. The fourth-order valence-electron chi connectivity index (χ4n) is 1.82. The zero-order valence-corrected chi connectivity index (χ0v) is 9.88. The largest absolute Gasteiger partial charge is 0.396 e. The summed E-state index contributed by atoms with van der Waals surface area (Å²) in [5.74, 6) is 1.12. The number of pyridine rings is 1. The fourth-order valence-corrected chi connectivity index (χ4v) is 2.22. The Morgan fingerprint density at radius 3 is 3.13 bits per heavy atom. The molecule has 1 N–H and O–H groups in total. The van der Waals surface area contributed by atoms with Gasteiger partial charge in [-0.1, -0.05) is 11.6 Å². The molecule has 1 aliphatic heterocycles. The second-order valence-electron chi connectivity index (χ2n) is 3.75. The Balaban J connectivity index is 2.20. The summed E-state index contributed by atoms with van der Waals surface area (Å²) in [5.41, 5.74) is 0. The summed E-state index contributed by atoms with van der Waals surface area (Å²) in [4.78, 5) is 7.10. The van der Waals surface area contributed by atoms with Crippen molar-refractivity contribution in [3.8, 4) is 0 Å². The molecular formula is C10H13ClN2OS. The molecule has 1 saturated heterocycles. The molecule has 0 radical (unpaired) electrons. The maximum absolute atomic E-state index is 9.06. The summed E-state index contributed by atoms with van der Waals surface area (Å²) in [6.45, 7) is 1.95. The number of anilines is 1. The molecule has 1 fully saturated rings. The van der Waals surface area contributed by atoms with E-state index >= 15 is 0 Å². The van der Waals surface area contributed by atoms with Crippen LogP contribution in [-0.2, 0) is 0 Å². The standard InChI is InChI=1S/C10H13ClN2OS/c11-9-8(15)1-3-12-10(9)13-4-2-7(5-13)6-14/h1,3,7,14H,2,4-6H2,(H,12,15). The molecular weight excluding hydrogens is 232 g/mol. The molecule has 1 aliphatic rings. The van der Waals surface area contributed by atoms with E-state index in [9.17, 15) is 0 Å². The van der Waals surface area contributed by atoms with Gasteiger partial charge in [-0.3, -0.25) is 0 Å². The van der Waals surface area contributed by atoms with Crippen molar-refractivity contribution in [3.63, 3.8) is 0 Å². The third-order valence-corrected chi connectivity index (χ3v) is 3.57. The van der Waals surface area contributed by atoms with E-state index in [0.29, 0.717) is 10.9 Å². The average molecular weight is 245 g/mol. The fraction of sp³-hybridized carbons (Fsp3) is 0.500. The van der Waals surface area contributed by atoms with E-state index in [0.717, 1.165) is 30.2 Å². The lowest BCUT2D eigenvalue weighted by Gasteiger charge is -2.18. The van der Waals surface area contributed by atoms with E-state index in [2.05, 4.69) is 22.5 Å². The van der Waals surface area contributed by atoms with Crippen LogP contribution in [0, 0.1) is 5.92 Å². The van der Waals surface area contributed by atoms with Crippen molar-refractivity contribution in [1.29, 1.82) is 0 Å². The molecule has 0 saturated carbocycles. The lowest BCUT2D eigenvalue weighted by atomic mass is 10.1. The SMILES string of the molecule is OCC1CCN(c2nccc(S)c2Cl)C1. The summed E-state index contributed by atoms with van der Waals surface area (Å²) in [5, 5.41) is 9.66. The molecule has 0 aromatic carbocycles. The third-order valence-electron chi connectivity index (χ3n) is 2.69. The number of hydrogen-bond donors (Lipinski definition) is 2. The van der Waals surface area contributed by atoms with Gasteiger partial charge in [-0.15, -0.1) is 12.6 Å². The van der Waals surface area contributed by atoms with Crippen LogP contribution in [-0.4, -0.2) is 29.8 Å². The first kappa shape index (κ1) is 11.0. The van der Waals surface area contributed by atoms with E-state index in [1.54, 1.807) is 12.3 Å². The maximum Gasteiger partial charge on any atom is 0.148 e. The van der Waals surface area contributed by atoms with Gasteiger partial charge in [-0.25, -0.2) is 4.98 Å². The van der Waals surface area contributed by atoms with Gasteiger partial charge in [0.25, 0.3) is 0 Å². The van der Waals surface area contributed by atoms with Crippen LogP contribution in [0.1, 0.15) is 6.42 Å². The minimum absolute atomic E-state index is 0.231. The van der Waals surface area contributed by atoms with Crippen LogP contribution in [0.5, 0.6) is 0 Å². The topological polar surface area (TPSA) is 36.4 Å². The monoisotopic (exact) mass is 244 g/mol. The van der Waals surface area contributed by atoms with Gasteiger partial charge in [-0.2, -0.15) is 0 Å². The zero-order valence-electron chi connectivity index (χ0n) is 8.23. The Bertz CT molecular complexity index is 361. The summed E-state index contributed by atoms with van der Waals surface area (Å²) >= 11 is 10.4. The number of hydrogen-bond acceptors (Lipinski definition) is 4. The van der Waals surface area contributed by atoms with Crippen molar-refractivity contribution in [2.45, 2.75) is 11.3 Å². The lowest BCUT2D eigenvalue weighted by molar-refractivity contribution is 0.238. The first-order chi connectivity index (χ1) is 7.22. The van der Waals surface area contributed by atoms with Gasteiger partial charge in [0.05, 0.1) is 5.02 Å². The minimum atomic E-state index is 0.231. The Morgan fingerprint density at radius 1 is 1.67 bits per heavy atom. The van der Waals surface area contributed by atoms with Gasteiger partial charge < -0.3 is 10.0 Å². The van der Waals surface area contributed by atoms with Crippen molar-refractivity contribution >= 4 is 30.0 Å². The van der Waals surface area contributed by atoms with Crippen molar-refractivity contribution < 1.29 is 5.11 Å².